The number of hydrogen-bond donors (Lipinski definition) is 0. The van der Waals surface area contributed by atoms with Crippen LogP contribution in [0.3, 0.4) is 0 Å². The fourth-order valence-electron chi connectivity index (χ4n) is 3.29. The van der Waals surface area contributed by atoms with Gasteiger partial charge in [0, 0.05) is 50.2 Å². The first-order valence-electron chi connectivity index (χ1n) is 9.35. The van der Waals surface area contributed by atoms with E-state index < -0.39 is 0 Å². The molecule has 0 spiro atoms. The van der Waals surface area contributed by atoms with Crippen LogP contribution in [0, 0.1) is 0 Å². The molecule has 148 valence electrons. The molecule has 0 aliphatic carbocycles. The third kappa shape index (κ3) is 3.96. The van der Waals surface area contributed by atoms with Gasteiger partial charge in [0.1, 0.15) is 11.6 Å². The largest absolute Gasteiger partial charge is 0.497 e. The molecule has 1 saturated heterocycles. The van der Waals surface area contributed by atoms with Gasteiger partial charge in [0.2, 0.25) is 0 Å². The summed E-state index contributed by atoms with van der Waals surface area (Å²) in [7, 11) is 1.60. The van der Waals surface area contributed by atoms with E-state index in [0.29, 0.717) is 49.0 Å². The number of rotatable bonds is 4. The maximum Gasteiger partial charge on any atom is 0.271 e. The van der Waals surface area contributed by atoms with Gasteiger partial charge in [-0.1, -0.05) is 0 Å². The highest BCUT2D eigenvalue weighted by Gasteiger charge is 2.23. The van der Waals surface area contributed by atoms with E-state index in [4.69, 9.17) is 4.74 Å². The van der Waals surface area contributed by atoms with Crippen molar-refractivity contribution >= 4 is 11.7 Å². The molecule has 3 heterocycles. The van der Waals surface area contributed by atoms with Gasteiger partial charge in [0.25, 0.3) is 11.5 Å². The van der Waals surface area contributed by atoms with Crippen molar-refractivity contribution in [3.8, 4) is 11.4 Å². The molecule has 29 heavy (non-hydrogen) atoms. The Kier molecular flexibility index (Phi) is 5.24. The quantitative estimate of drug-likeness (QED) is 0.672. The second-order valence-corrected chi connectivity index (χ2v) is 6.65. The molecule has 0 bridgehead atoms. The standard InChI is InChI=1S/C21H21N5O3/c1-29-18-4-2-17(3-5-18)26-20(27)7-6-19(23-26)24-12-14-25(15-13-24)21(28)16-8-10-22-11-9-16/h2-11H,12-15H2,1H3. The van der Waals surface area contributed by atoms with Crippen molar-refractivity contribution in [3.63, 3.8) is 0 Å². The van der Waals surface area contributed by atoms with Crippen molar-refractivity contribution in [1.82, 2.24) is 19.7 Å². The molecule has 1 fully saturated rings. The molecule has 0 N–H and O–H groups in total. The van der Waals surface area contributed by atoms with E-state index in [1.54, 1.807) is 62.0 Å². The summed E-state index contributed by atoms with van der Waals surface area (Å²) in [5.41, 5.74) is 1.11. The number of nitrogens with zero attached hydrogens (tertiary/aromatic N) is 5. The van der Waals surface area contributed by atoms with Gasteiger partial charge in [0.05, 0.1) is 12.8 Å². The van der Waals surface area contributed by atoms with Crippen LogP contribution >= 0.6 is 0 Å². The van der Waals surface area contributed by atoms with Crippen molar-refractivity contribution < 1.29 is 9.53 Å². The maximum atomic E-state index is 12.6. The topological polar surface area (TPSA) is 80.6 Å². The highest BCUT2D eigenvalue weighted by molar-refractivity contribution is 5.94. The molecule has 0 unspecified atom stereocenters. The minimum atomic E-state index is -0.203. The Bertz CT molecular complexity index is 1040. The van der Waals surface area contributed by atoms with Crippen molar-refractivity contribution in [3.05, 3.63) is 76.8 Å². The van der Waals surface area contributed by atoms with Gasteiger partial charge in [-0.2, -0.15) is 4.68 Å². The van der Waals surface area contributed by atoms with Crippen LogP contribution in [0.5, 0.6) is 5.75 Å². The lowest BCUT2D eigenvalue weighted by Crippen LogP contribution is -2.49. The molecule has 0 radical (unpaired) electrons. The number of aromatic nitrogens is 3. The van der Waals surface area contributed by atoms with Crippen LogP contribution in [0.4, 0.5) is 5.82 Å². The Labute approximate surface area is 168 Å². The SMILES string of the molecule is COc1ccc(-n2nc(N3CCN(C(=O)c4ccncc4)CC3)ccc2=O)cc1. The lowest BCUT2D eigenvalue weighted by atomic mass is 10.2. The first kappa shape index (κ1) is 18.7. The van der Waals surface area contributed by atoms with Gasteiger partial charge in [-0.15, -0.1) is 5.10 Å². The summed E-state index contributed by atoms with van der Waals surface area (Å²) >= 11 is 0. The van der Waals surface area contributed by atoms with Crippen molar-refractivity contribution in [2.24, 2.45) is 0 Å². The van der Waals surface area contributed by atoms with Crippen LogP contribution < -0.4 is 15.2 Å². The first-order chi connectivity index (χ1) is 14.2. The Morgan fingerprint density at radius 1 is 0.931 bits per heavy atom. The molecular formula is C21H21N5O3. The minimum absolute atomic E-state index is 0.00297. The van der Waals surface area contributed by atoms with Gasteiger partial charge in [-0.05, 0) is 42.5 Å². The summed E-state index contributed by atoms with van der Waals surface area (Å²) < 4.78 is 6.54. The zero-order chi connectivity index (χ0) is 20.2. The maximum absolute atomic E-state index is 12.6. The van der Waals surface area contributed by atoms with Gasteiger partial charge < -0.3 is 14.5 Å². The summed E-state index contributed by atoms with van der Waals surface area (Å²) in [5.74, 6) is 1.42. The van der Waals surface area contributed by atoms with Crippen LogP contribution in [-0.2, 0) is 0 Å². The zero-order valence-corrected chi connectivity index (χ0v) is 16.1. The third-order valence-electron chi connectivity index (χ3n) is 4.92. The fourth-order valence-corrected chi connectivity index (χ4v) is 3.29. The van der Waals surface area contributed by atoms with E-state index in [2.05, 4.69) is 15.0 Å². The number of carbonyl (C=O) groups is 1. The summed E-state index contributed by atoms with van der Waals surface area (Å²) in [6, 6.07) is 13.9. The van der Waals surface area contributed by atoms with E-state index in [0.717, 1.165) is 0 Å². The molecule has 0 saturated carbocycles. The molecule has 1 aliphatic rings. The summed E-state index contributed by atoms with van der Waals surface area (Å²) in [5, 5.41) is 4.53. The molecule has 2 aromatic heterocycles. The average molecular weight is 391 g/mol. The van der Waals surface area contributed by atoms with Crippen LogP contribution in [0.2, 0.25) is 0 Å². The number of carbonyl (C=O) groups excluding carboxylic acids is 1. The summed E-state index contributed by atoms with van der Waals surface area (Å²) in [6.07, 6.45) is 3.24. The van der Waals surface area contributed by atoms with Crippen molar-refractivity contribution in [2.75, 3.05) is 38.2 Å². The molecule has 8 nitrogen and oxygen atoms in total. The Hall–Kier alpha value is -3.68. The van der Waals surface area contributed by atoms with Crippen molar-refractivity contribution in [1.29, 1.82) is 0 Å². The number of pyridine rings is 1. The highest BCUT2D eigenvalue weighted by atomic mass is 16.5. The monoisotopic (exact) mass is 391 g/mol. The molecule has 0 atom stereocenters. The number of anilines is 1. The predicted molar refractivity (Wildman–Crippen MR) is 109 cm³/mol. The van der Waals surface area contributed by atoms with E-state index in [1.165, 1.54) is 10.7 Å². The lowest BCUT2D eigenvalue weighted by molar-refractivity contribution is 0.0746. The average Bonchev–Trinajstić information content (AvgIpc) is 2.80. The molecule has 4 rings (SSSR count). The molecule has 3 aromatic rings. The molecular weight excluding hydrogens is 370 g/mol. The number of piperazine rings is 1. The molecule has 1 aliphatic heterocycles. The van der Waals surface area contributed by atoms with Crippen LogP contribution in [0.25, 0.3) is 5.69 Å². The zero-order valence-electron chi connectivity index (χ0n) is 16.1. The lowest BCUT2D eigenvalue weighted by Gasteiger charge is -2.35. The molecule has 1 aromatic carbocycles. The van der Waals surface area contributed by atoms with E-state index in [1.807, 2.05) is 4.90 Å². The van der Waals surface area contributed by atoms with E-state index in [-0.39, 0.29) is 11.5 Å². The van der Waals surface area contributed by atoms with Crippen molar-refractivity contribution in [2.45, 2.75) is 0 Å². The minimum Gasteiger partial charge on any atom is -0.497 e. The van der Waals surface area contributed by atoms with E-state index >= 15 is 0 Å². The van der Waals surface area contributed by atoms with Gasteiger partial charge >= 0.3 is 0 Å². The Balaban J connectivity index is 1.48. The van der Waals surface area contributed by atoms with Gasteiger partial charge in [-0.3, -0.25) is 14.6 Å². The number of benzene rings is 1. The number of hydrogen-bond acceptors (Lipinski definition) is 6. The second-order valence-electron chi connectivity index (χ2n) is 6.65. The van der Waals surface area contributed by atoms with Gasteiger partial charge in [0.15, 0.2) is 0 Å². The third-order valence-corrected chi connectivity index (χ3v) is 4.92. The summed E-state index contributed by atoms with van der Waals surface area (Å²) in [4.78, 5) is 32.7. The van der Waals surface area contributed by atoms with E-state index in [9.17, 15) is 9.59 Å². The number of methoxy groups -OCH3 is 1. The van der Waals surface area contributed by atoms with Crippen LogP contribution in [0.15, 0.2) is 65.7 Å². The number of ether oxygens (including phenoxy) is 1. The van der Waals surface area contributed by atoms with Crippen LogP contribution in [-0.4, -0.2) is 58.9 Å². The molecule has 8 heteroatoms. The number of amides is 1. The smallest absolute Gasteiger partial charge is 0.271 e. The Morgan fingerprint density at radius 2 is 1.62 bits per heavy atom. The predicted octanol–water partition coefficient (Wildman–Crippen LogP) is 1.60. The summed E-state index contributed by atoms with van der Waals surface area (Å²) in [6.45, 7) is 2.46. The Morgan fingerprint density at radius 3 is 2.28 bits per heavy atom. The molecule has 1 amide bonds. The normalized spacial score (nSPS) is 14.0. The second kappa shape index (κ2) is 8.14. The first-order valence-corrected chi connectivity index (χ1v) is 9.35. The fraction of sp³-hybridized carbons (Fsp3) is 0.238. The highest BCUT2D eigenvalue weighted by Crippen LogP contribution is 2.16. The van der Waals surface area contributed by atoms with Gasteiger partial charge in [-0.25, -0.2) is 0 Å². The van der Waals surface area contributed by atoms with Crippen LogP contribution in [0.1, 0.15) is 10.4 Å².